The molecule has 0 bridgehead atoms. The molecule has 0 fully saturated rings. The number of aromatic nitrogens is 2. The van der Waals surface area contributed by atoms with Crippen LogP contribution in [0.15, 0.2) is 35.4 Å². The molecule has 8 heteroatoms. The van der Waals surface area contributed by atoms with Gasteiger partial charge in [0.05, 0.1) is 6.21 Å². The van der Waals surface area contributed by atoms with Gasteiger partial charge in [-0.15, -0.1) is 0 Å². The van der Waals surface area contributed by atoms with Gasteiger partial charge in [0.25, 0.3) is 5.91 Å². The highest BCUT2D eigenvalue weighted by Crippen LogP contribution is 2.15. The van der Waals surface area contributed by atoms with Gasteiger partial charge in [0.15, 0.2) is 6.61 Å². The molecule has 138 valence electrons. The number of carbonyl (C=O) groups is 1. The molecule has 0 aliphatic rings. The Morgan fingerprint density at radius 1 is 1.31 bits per heavy atom. The van der Waals surface area contributed by atoms with Gasteiger partial charge in [-0.05, 0) is 38.5 Å². The number of hydrogen-bond donors (Lipinski definition) is 1. The molecule has 0 aliphatic carbocycles. The van der Waals surface area contributed by atoms with Crippen LogP contribution in [-0.2, 0) is 4.79 Å². The number of hydrogen-bond acceptors (Lipinski definition) is 6. The molecule has 1 heterocycles. The van der Waals surface area contributed by atoms with E-state index in [0.29, 0.717) is 16.9 Å². The summed E-state index contributed by atoms with van der Waals surface area (Å²) in [5.74, 6) is 0.557. The molecule has 1 aromatic heterocycles. The lowest BCUT2D eigenvalue weighted by Gasteiger charge is -2.19. The number of nitrogens with one attached hydrogen (secondary N) is 1. The van der Waals surface area contributed by atoms with Crippen molar-refractivity contribution < 1.29 is 9.53 Å². The molecule has 7 nitrogen and oxygen atoms in total. The molecule has 0 unspecified atom stereocenters. The average Bonchev–Trinajstić information content (AvgIpc) is 2.61. The molecule has 1 N–H and O–H groups in total. The zero-order chi connectivity index (χ0) is 18.9. The second-order valence-electron chi connectivity index (χ2n) is 5.46. The summed E-state index contributed by atoms with van der Waals surface area (Å²) in [6.45, 7) is 7.30. The van der Waals surface area contributed by atoms with Gasteiger partial charge >= 0.3 is 0 Å². The van der Waals surface area contributed by atoms with Crippen molar-refractivity contribution >= 4 is 29.7 Å². The molecule has 0 saturated carbocycles. The molecule has 26 heavy (non-hydrogen) atoms. The number of nitrogens with zero attached hydrogens (tertiary/aromatic N) is 4. The van der Waals surface area contributed by atoms with Gasteiger partial charge in [-0.2, -0.15) is 10.1 Å². The number of anilines is 1. The Bertz CT molecular complexity index is 778. The van der Waals surface area contributed by atoms with Gasteiger partial charge in [-0.3, -0.25) is 4.79 Å². The van der Waals surface area contributed by atoms with Crippen LogP contribution in [0.25, 0.3) is 0 Å². The van der Waals surface area contributed by atoms with E-state index in [0.717, 1.165) is 24.3 Å². The summed E-state index contributed by atoms with van der Waals surface area (Å²) in [7, 11) is 0. The maximum atomic E-state index is 11.9. The predicted molar refractivity (Wildman–Crippen MR) is 103 cm³/mol. The monoisotopic (exact) mass is 375 g/mol. The van der Waals surface area contributed by atoms with Crippen molar-refractivity contribution in [2.24, 2.45) is 5.10 Å². The summed E-state index contributed by atoms with van der Waals surface area (Å²) in [5, 5.41) is 4.48. The van der Waals surface area contributed by atoms with Crippen LogP contribution in [0.5, 0.6) is 5.88 Å². The van der Waals surface area contributed by atoms with Crippen LogP contribution in [0.4, 0.5) is 5.95 Å². The Balaban J connectivity index is 1.90. The van der Waals surface area contributed by atoms with Crippen molar-refractivity contribution in [2.45, 2.75) is 20.8 Å². The molecule has 1 aromatic carbocycles. The van der Waals surface area contributed by atoms with Gasteiger partial charge < -0.3 is 9.64 Å². The predicted octanol–water partition coefficient (Wildman–Crippen LogP) is 2.81. The van der Waals surface area contributed by atoms with E-state index in [2.05, 4.69) is 20.5 Å². The fraction of sp³-hybridized carbons (Fsp3) is 0.333. The highest BCUT2D eigenvalue weighted by Gasteiger charge is 2.10. The van der Waals surface area contributed by atoms with Crippen molar-refractivity contribution in [1.29, 1.82) is 0 Å². The first-order valence-electron chi connectivity index (χ1n) is 8.32. The smallest absolute Gasteiger partial charge is 0.278 e. The first-order valence-corrected chi connectivity index (χ1v) is 8.70. The third-order valence-electron chi connectivity index (χ3n) is 3.47. The van der Waals surface area contributed by atoms with Gasteiger partial charge in [0.1, 0.15) is 0 Å². The van der Waals surface area contributed by atoms with E-state index in [9.17, 15) is 4.79 Å². The average molecular weight is 376 g/mol. The van der Waals surface area contributed by atoms with E-state index < -0.39 is 0 Å². The van der Waals surface area contributed by atoms with Gasteiger partial charge in [0, 0.05) is 29.9 Å². The first kappa shape index (κ1) is 19.7. The molecule has 2 aromatic rings. The molecule has 0 atom stereocenters. The topological polar surface area (TPSA) is 79.7 Å². The number of halogens is 1. The molecule has 0 aliphatic heterocycles. The van der Waals surface area contributed by atoms with Crippen molar-refractivity contribution in [1.82, 2.24) is 15.4 Å². The normalized spacial score (nSPS) is 10.8. The maximum Gasteiger partial charge on any atom is 0.278 e. The largest absolute Gasteiger partial charge is 0.467 e. The number of amides is 1. The fourth-order valence-corrected chi connectivity index (χ4v) is 2.38. The van der Waals surface area contributed by atoms with Crippen molar-refractivity contribution in [2.75, 3.05) is 24.6 Å². The van der Waals surface area contributed by atoms with E-state index in [1.165, 1.54) is 6.21 Å². The van der Waals surface area contributed by atoms with E-state index in [1.807, 2.05) is 31.7 Å². The summed E-state index contributed by atoms with van der Waals surface area (Å²) in [6, 6.07) is 8.83. The van der Waals surface area contributed by atoms with Crippen LogP contribution >= 0.6 is 11.6 Å². The zero-order valence-electron chi connectivity index (χ0n) is 15.1. The minimum atomic E-state index is -0.385. The SMILES string of the molecule is CCN(CC)c1nc(C)cc(OCC(=O)NN=Cc2cccc(Cl)c2)n1. The van der Waals surface area contributed by atoms with Crippen LogP contribution in [0.1, 0.15) is 25.1 Å². The fourth-order valence-electron chi connectivity index (χ4n) is 2.18. The summed E-state index contributed by atoms with van der Waals surface area (Å²) >= 11 is 5.89. The van der Waals surface area contributed by atoms with E-state index in [1.54, 1.807) is 24.3 Å². The number of rotatable bonds is 8. The lowest BCUT2D eigenvalue weighted by Crippen LogP contribution is -2.26. The number of hydrazone groups is 1. The standard InChI is InChI=1S/C18H22ClN5O2/c1-4-24(5-2)18-21-13(3)9-17(22-18)26-12-16(25)23-20-11-14-7-6-8-15(19)10-14/h6-11H,4-5,12H2,1-3H3,(H,23,25). The third-order valence-corrected chi connectivity index (χ3v) is 3.70. The Hall–Kier alpha value is -2.67. The summed E-state index contributed by atoms with van der Waals surface area (Å²) < 4.78 is 5.47. The van der Waals surface area contributed by atoms with Crippen molar-refractivity contribution in [3.8, 4) is 5.88 Å². The molecule has 0 saturated heterocycles. The number of carbonyl (C=O) groups excluding carboxylic acids is 1. The second kappa shape index (κ2) is 9.72. The van der Waals surface area contributed by atoms with E-state index in [4.69, 9.17) is 16.3 Å². The number of ether oxygens (including phenoxy) is 1. The Morgan fingerprint density at radius 2 is 2.08 bits per heavy atom. The summed E-state index contributed by atoms with van der Waals surface area (Å²) in [5.41, 5.74) is 3.96. The van der Waals surface area contributed by atoms with Crippen LogP contribution in [0.3, 0.4) is 0 Å². The number of aryl methyl sites for hydroxylation is 1. The summed E-state index contributed by atoms with van der Waals surface area (Å²) in [4.78, 5) is 22.6. The van der Waals surface area contributed by atoms with Crippen LogP contribution in [-0.4, -0.2) is 41.8 Å². The zero-order valence-corrected chi connectivity index (χ0v) is 15.8. The molecular weight excluding hydrogens is 354 g/mol. The molecular formula is C18H22ClN5O2. The van der Waals surface area contributed by atoms with E-state index >= 15 is 0 Å². The lowest BCUT2D eigenvalue weighted by atomic mass is 10.2. The molecule has 2 rings (SSSR count). The highest BCUT2D eigenvalue weighted by molar-refractivity contribution is 6.30. The lowest BCUT2D eigenvalue weighted by molar-refractivity contribution is -0.123. The summed E-state index contributed by atoms with van der Waals surface area (Å²) in [6.07, 6.45) is 1.51. The van der Waals surface area contributed by atoms with Gasteiger partial charge in [-0.1, -0.05) is 23.7 Å². The van der Waals surface area contributed by atoms with Crippen molar-refractivity contribution in [3.63, 3.8) is 0 Å². The molecule has 0 spiro atoms. The van der Waals surface area contributed by atoms with Crippen LogP contribution in [0.2, 0.25) is 5.02 Å². The third kappa shape index (κ3) is 6.00. The van der Waals surface area contributed by atoms with Gasteiger partial charge in [0.2, 0.25) is 11.8 Å². The van der Waals surface area contributed by atoms with Crippen molar-refractivity contribution in [3.05, 3.63) is 46.6 Å². The molecule has 1 amide bonds. The second-order valence-corrected chi connectivity index (χ2v) is 5.89. The minimum absolute atomic E-state index is 0.193. The Kier molecular flexibility index (Phi) is 7.35. The highest BCUT2D eigenvalue weighted by atomic mass is 35.5. The quantitative estimate of drug-likeness (QED) is 0.567. The van der Waals surface area contributed by atoms with Crippen LogP contribution < -0.4 is 15.1 Å². The Morgan fingerprint density at radius 3 is 2.77 bits per heavy atom. The van der Waals surface area contributed by atoms with E-state index in [-0.39, 0.29) is 12.5 Å². The van der Waals surface area contributed by atoms with Crippen LogP contribution in [0, 0.1) is 6.92 Å². The number of benzene rings is 1. The molecule has 0 radical (unpaired) electrons. The Labute approximate surface area is 158 Å². The first-order chi connectivity index (χ1) is 12.5. The van der Waals surface area contributed by atoms with Gasteiger partial charge in [-0.25, -0.2) is 10.4 Å². The maximum absolute atomic E-state index is 11.9. The minimum Gasteiger partial charge on any atom is -0.467 e.